The van der Waals surface area contributed by atoms with Gasteiger partial charge in [-0.15, -0.1) is 10.2 Å². The van der Waals surface area contributed by atoms with E-state index >= 15 is 0 Å². The van der Waals surface area contributed by atoms with Crippen molar-refractivity contribution < 1.29 is 44.0 Å². The molecule has 0 atom stereocenters. The maximum absolute atomic E-state index is 12.3. The first-order chi connectivity index (χ1) is 42.8. The van der Waals surface area contributed by atoms with Crippen LogP contribution in [0.2, 0.25) is 15.1 Å². The van der Waals surface area contributed by atoms with Crippen molar-refractivity contribution in [3.8, 4) is 6.07 Å². The summed E-state index contributed by atoms with van der Waals surface area (Å²) in [5.41, 5.74) is 11.2. The molecule has 5 aromatic carbocycles. The van der Waals surface area contributed by atoms with E-state index in [9.17, 15) is 34.7 Å². The van der Waals surface area contributed by atoms with E-state index in [1.54, 1.807) is 62.6 Å². The van der Waals surface area contributed by atoms with Crippen LogP contribution < -0.4 is 5.32 Å². The molecule has 1 aliphatic rings. The average molecular weight is 1400 g/mol. The standard InChI is InChI=1S/C21H20Cl2N4O3S.C20H20Cl2O2.C14H20N2O2S.C11H9ClO2S2/c1-5-30-21(29)19(27-26-17-7-6-14(22)8-16(17)23)18(28)10-31-20-15(9-24)12(3)11(2)13(4)25-20;1-11-5-7-15(13(3)9-11)17(18(21)19(22)20(23)24)16-8-6-12(2)10-14(16)4;1-4-10-19-14(15-3)16-12-8-6-11(7-9-12)13(17)18-5-2;12-7-1-3-8(4-2-7)16-10-6-15-5-9(10)11(13)14/h6-8,28H,5,10H2,1-4H3;5-10,17H,1-4H3,(H,23,24);6-9H,4-5,10H2,1-3H3,(H,15,16);1-4H,5-6H2,(H,13,14)/b;19-18+;;. The molecule has 15 nitrogen and oxygen atoms in total. The number of amidine groups is 1. The summed E-state index contributed by atoms with van der Waals surface area (Å²) in [7, 11) is 1.76. The fraction of sp³-hybridized carbons (Fsp3) is 0.288. The van der Waals surface area contributed by atoms with Crippen LogP contribution in [0.3, 0.4) is 0 Å². The molecule has 0 saturated heterocycles. The molecule has 24 heteroatoms. The number of halogens is 5. The van der Waals surface area contributed by atoms with Crippen LogP contribution in [0.4, 0.5) is 11.4 Å². The van der Waals surface area contributed by atoms with Crippen LogP contribution in [0.25, 0.3) is 0 Å². The predicted molar refractivity (Wildman–Crippen MR) is 373 cm³/mol. The zero-order chi connectivity index (χ0) is 66.8. The molecule has 0 aliphatic carbocycles. The molecule has 0 saturated carbocycles. The quantitative estimate of drug-likeness (QED) is 0.0112. The second-order valence-electron chi connectivity index (χ2n) is 19.5. The highest BCUT2D eigenvalue weighted by molar-refractivity contribution is 8.14. The molecular weight excluding hydrogens is 1330 g/mol. The van der Waals surface area contributed by atoms with Crippen molar-refractivity contribution in [1.82, 2.24) is 4.98 Å². The van der Waals surface area contributed by atoms with Crippen molar-refractivity contribution in [1.29, 1.82) is 5.26 Å². The van der Waals surface area contributed by atoms with E-state index in [1.807, 2.05) is 109 Å². The average Bonchev–Trinajstić information content (AvgIpc) is 0.984. The fourth-order valence-corrected chi connectivity index (χ4v) is 13.2. The Labute approximate surface area is 568 Å². The number of nitrogens with zero attached hydrogens (tertiary/aromatic N) is 5. The van der Waals surface area contributed by atoms with Gasteiger partial charge in [-0.1, -0.05) is 148 Å². The Hall–Kier alpha value is -6.44. The molecular formula is C66H69Cl5N6O9S4. The van der Waals surface area contributed by atoms with Gasteiger partial charge in [-0.25, -0.2) is 24.2 Å². The number of thioether (sulfide) groups is 4. The van der Waals surface area contributed by atoms with Gasteiger partial charge in [0, 0.05) is 61.5 Å². The van der Waals surface area contributed by atoms with Crippen molar-refractivity contribution in [2.75, 3.05) is 48.6 Å². The number of hydrogen-bond donors (Lipinski definition) is 4. The van der Waals surface area contributed by atoms with Crippen LogP contribution in [-0.4, -0.2) is 92.6 Å². The number of anilines is 1. The first kappa shape index (κ1) is 76.0. The van der Waals surface area contributed by atoms with Gasteiger partial charge in [0.2, 0.25) is 5.70 Å². The number of esters is 2. The number of aliphatic carboxylic acids is 2. The normalized spacial score (nSPS) is 12.5. The first-order valence-corrected chi connectivity index (χ1v) is 33.6. The summed E-state index contributed by atoms with van der Waals surface area (Å²) in [5.74, 6) is -1.57. The summed E-state index contributed by atoms with van der Waals surface area (Å²) in [5, 5.41) is 51.8. The van der Waals surface area contributed by atoms with E-state index in [2.05, 4.69) is 50.6 Å². The number of nitrogens with one attached hydrogen (secondary N) is 1. The molecule has 6 aromatic rings. The van der Waals surface area contributed by atoms with Crippen molar-refractivity contribution in [2.45, 2.75) is 91.5 Å². The number of carboxylic acids is 2. The molecule has 0 unspecified atom stereocenters. The molecule has 0 spiro atoms. The van der Waals surface area contributed by atoms with E-state index in [1.165, 1.54) is 23.9 Å². The Morgan fingerprint density at radius 3 is 1.89 bits per heavy atom. The minimum Gasteiger partial charge on any atom is -0.509 e. The highest BCUT2D eigenvalue weighted by atomic mass is 35.5. The van der Waals surface area contributed by atoms with E-state index in [4.69, 9.17) is 72.6 Å². The summed E-state index contributed by atoms with van der Waals surface area (Å²) in [6.45, 7) is 19.7. The number of carboxylic acid groups (broad SMARTS) is 2. The minimum absolute atomic E-state index is 0.0643. The van der Waals surface area contributed by atoms with Crippen molar-refractivity contribution in [2.24, 2.45) is 15.2 Å². The van der Waals surface area contributed by atoms with Gasteiger partial charge in [-0.2, -0.15) is 17.0 Å². The van der Waals surface area contributed by atoms with Crippen molar-refractivity contribution in [3.05, 3.63) is 212 Å². The number of aliphatic imine (C=N–C) groups is 1. The van der Waals surface area contributed by atoms with Gasteiger partial charge in [0.15, 0.2) is 5.17 Å². The maximum Gasteiger partial charge on any atom is 0.362 e. The molecule has 0 fully saturated rings. The molecule has 4 N–H and O–H groups in total. The van der Waals surface area contributed by atoms with Crippen LogP contribution in [0.1, 0.15) is 99.2 Å². The maximum atomic E-state index is 12.3. The molecule has 2 heterocycles. The number of carbonyl (C=O) groups excluding carboxylic acids is 2. The van der Waals surface area contributed by atoms with Gasteiger partial charge in [-0.05, 0) is 169 Å². The van der Waals surface area contributed by atoms with Gasteiger partial charge in [0.25, 0.3) is 0 Å². The lowest BCUT2D eigenvalue weighted by Gasteiger charge is -2.23. The SMILES string of the molecule is CCCSC(=NC)Nc1ccc(C(=O)OCC)cc1.CCOC(=O)C(N=Nc1ccc(Cl)cc1Cl)=C(O)CSc1nc(C)c(C)c(C)c1C#N.Cc1ccc(C(/C(Cl)=C(\Cl)C(=O)O)c2ccc(C)cc2C)c(C)c1.O=C(O)C1=C(Sc2ccc(Cl)cc2)CSC1. The summed E-state index contributed by atoms with van der Waals surface area (Å²) < 4.78 is 9.91. The van der Waals surface area contributed by atoms with Gasteiger partial charge < -0.3 is 30.1 Å². The zero-order valence-corrected chi connectivity index (χ0v) is 58.4. The summed E-state index contributed by atoms with van der Waals surface area (Å²) >= 11 is 36.1. The number of aliphatic hydroxyl groups excluding tert-OH is 1. The number of aliphatic hydroxyl groups is 1. The van der Waals surface area contributed by atoms with E-state index in [-0.39, 0.29) is 50.6 Å². The predicted octanol–water partition coefficient (Wildman–Crippen LogP) is 19.1. The molecule has 90 heavy (non-hydrogen) atoms. The number of carbonyl (C=O) groups is 4. The number of azo groups is 1. The Morgan fingerprint density at radius 2 is 1.37 bits per heavy atom. The number of allylic oxidation sites excluding steroid dienone is 1. The highest BCUT2D eigenvalue weighted by Gasteiger charge is 2.27. The molecule has 1 aliphatic heterocycles. The third kappa shape index (κ3) is 23.4. The van der Waals surface area contributed by atoms with Crippen LogP contribution in [-0.2, 0) is 23.9 Å². The second kappa shape index (κ2) is 38.4. The first-order valence-electron chi connectivity index (χ1n) is 27.8. The Morgan fingerprint density at radius 1 is 0.767 bits per heavy atom. The lowest BCUT2D eigenvalue weighted by molar-refractivity contribution is -0.139. The van der Waals surface area contributed by atoms with Crippen LogP contribution in [0, 0.1) is 59.8 Å². The summed E-state index contributed by atoms with van der Waals surface area (Å²) in [6.07, 6.45) is 1.10. The van der Waals surface area contributed by atoms with Crippen LogP contribution >= 0.6 is 105 Å². The third-order valence-corrected chi connectivity index (χ3v) is 19.0. The van der Waals surface area contributed by atoms with E-state index < -0.39 is 23.8 Å². The molecule has 0 amide bonds. The number of aryl methyl sites for hydroxylation is 5. The Kier molecular flexibility index (Phi) is 32.4. The van der Waals surface area contributed by atoms with Gasteiger partial charge in [0.05, 0.1) is 45.7 Å². The molecule has 0 radical (unpaired) electrons. The fourth-order valence-electron chi connectivity index (χ4n) is 8.12. The number of rotatable bonds is 19. The van der Waals surface area contributed by atoms with Crippen molar-refractivity contribution >= 4 is 145 Å². The number of nitriles is 1. The number of ether oxygens (including phenoxy) is 2. The third-order valence-electron chi connectivity index (χ3n) is 12.9. The van der Waals surface area contributed by atoms with Gasteiger partial charge in [0.1, 0.15) is 27.6 Å². The van der Waals surface area contributed by atoms with Crippen LogP contribution in [0.5, 0.6) is 0 Å². The monoisotopic (exact) mass is 1390 g/mol. The minimum atomic E-state index is -1.22. The molecule has 476 valence electrons. The highest BCUT2D eigenvalue weighted by Crippen LogP contribution is 2.41. The smallest absolute Gasteiger partial charge is 0.362 e. The Balaban J connectivity index is 0.000000264. The number of pyridine rings is 1. The largest absolute Gasteiger partial charge is 0.509 e. The lowest BCUT2D eigenvalue weighted by atomic mass is 9.84. The number of aromatic nitrogens is 1. The zero-order valence-electron chi connectivity index (χ0n) is 51.4. The van der Waals surface area contributed by atoms with E-state index in [0.717, 1.165) is 101 Å². The number of benzene rings is 5. The summed E-state index contributed by atoms with van der Waals surface area (Å²) in [4.78, 5) is 56.7. The van der Waals surface area contributed by atoms with Crippen LogP contribution in [0.15, 0.2) is 160 Å². The topological polar surface area (TPSA) is 233 Å². The second-order valence-corrected chi connectivity index (χ2v) is 25.8. The van der Waals surface area contributed by atoms with Gasteiger partial charge in [-0.3, -0.25) is 4.99 Å². The lowest BCUT2D eigenvalue weighted by Crippen LogP contribution is -2.10. The Bertz CT molecular complexity index is 3690. The number of hydrogen-bond acceptors (Lipinski definition) is 16. The molecule has 1 aromatic heterocycles. The molecule has 0 bridgehead atoms. The summed E-state index contributed by atoms with van der Waals surface area (Å²) in [6, 6.07) is 33.5. The van der Waals surface area contributed by atoms with Crippen molar-refractivity contribution in [3.63, 3.8) is 0 Å². The van der Waals surface area contributed by atoms with Gasteiger partial charge >= 0.3 is 23.9 Å². The van der Waals surface area contributed by atoms with E-state index in [0.29, 0.717) is 44.1 Å². The molecule has 7 rings (SSSR count).